The molecule has 0 radical (unpaired) electrons. The summed E-state index contributed by atoms with van der Waals surface area (Å²) >= 11 is 12.6. The molecule has 4 rings (SSSR count). The van der Waals surface area contributed by atoms with Gasteiger partial charge in [0.05, 0.1) is 33.4 Å². The fourth-order valence-electron chi connectivity index (χ4n) is 3.67. The molecule has 0 aliphatic rings. The van der Waals surface area contributed by atoms with E-state index in [0.717, 1.165) is 25.4 Å². The number of benzene rings is 4. The maximum absolute atomic E-state index is 10.8. The first-order chi connectivity index (χ1) is 21.5. The standard InChI is InChI=1S/2C15H12I3NO4.Zn/c2*16-9-6-8(1-2-13(9)20)23-14-10(17)3-7(4-11(14)18)5-12(19)15(21)22;/h2*1-4,6,12,20H,5,19H2,(H,21,22);/q;;+2/p-2/t2*12-;/m00./s1. The van der Waals surface area contributed by atoms with Gasteiger partial charge in [-0.2, -0.15) is 0 Å². The van der Waals surface area contributed by atoms with Gasteiger partial charge in [-0.25, -0.2) is 0 Å². The van der Waals surface area contributed by atoms with Gasteiger partial charge in [0.2, 0.25) is 0 Å². The monoisotopic (exact) mass is 1360 g/mol. The van der Waals surface area contributed by atoms with E-state index < -0.39 is 24.0 Å². The van der Waals surface area contributed by atoms with E-state index in [9.17, 15) is 30.0 Å². The van der Waals surface area contributed by atoms with Gasteiger partial charge in [-0.05, 0) is 220 Å². The normalized spacial score (nSPS) is 11.7. The predicted octanol–water partition coefficient (Wildman–Crippen LogP) is 5.23. The first kappa shape index (κ1) is 43.1. The van der Waals surface area contributed by atoms with Crippen molar-refractivity contribution in [1.29, 1.82) is 0 Å². The van der Waals surface area contributed by atoms with Gasteiger partial charge >= 0.3 is 19.5 Å². The number of carboxylic acid groups (broad SMARTS) is 2. The van der Waals surface area contributed by atoms with E-state index in [1.807, 2.05) is 69.4 Å². The number of aromatic hydroxyl groups is 2. The maximum Gasteiger partial charge on any atom is 2.00 e. The van der Waals surface area contributed by atoms with Crippen LogP contribution in [0.5, 0.6) is 34.5 Å². The molecule has 4 aromatic rings. The second-order valence-electron chi connectivity index (χ2n) is 9.47. The van der Waals surface area contributed by atoms with Crippen LogP contribution < -0.4 is 31.2 Å². The van der Waals surface area contributed by atoms with Crippen LogP contribution in [-0.4, -0.2) is 34.2 Å². The molecule has 0 aliphatic carbocycles. The third-order valence-corrected chi connectivity index (χ3v) is 10.8. The molecule has 0 saturated carbocycles. The molecule has 0 fully saturated rings. The van der Waals surface area contributed by atoms with Crippen LogP contribution in [-0.2, 0) is 41.9 Å². The molecule has 10 nitrogen and oxygen atoms in total. The minimum absolute atomic E-state index is 0. The maximum atomic E-state index is 10.8. The average molecular weight is 1370 g/mol. The Morgan fingerprint density at radius 2 is 0.894 bits per heavy atom. The Morgan fingerprint density at radius 1 is 0.596 bits per heavy atom. The smallest absolute Gasteiger partial charge is 0.548 e. The molecule has 6 N–H and O–H groups in total. The van der Waals surface area contributed by atoms with Crippen LogP contribution in [0.4, 0.5) is 0 Å². The largest absolute Gasteiger partial charge is 2.00 e. The Balaban J connectivity index is 0.000000320. The minimum atomic E-state index is -1.27. The van der Waals surface area contributed by atoms with Crippen molar-refractivity contribution in [2.24, 2.45) is 11.5 Å². The van der Waals surface area contributed by atoms with Crippen LogP contribution >= 0.6 is 136 Å². The Morgan fingerprint density at radius 3 is 1.15 bits per heavy atom. The van der Waals surface area contributed by atoms with Gasteiger partial charge in [0.15, 0.2) is 11.5 Å². The summed E-state index contributed by atoms with van der Waals surface area (Å²) in [6.45, 7) is 0. The SMILES string of the molecule is N[C@@H](Cc1cc(I)c(Oc2ccc(O)c(I)c2)c(I)c1)C(=O)[O-].N[C@@H](Cc1cc(I)c(Oc2ccc(O)c(I)c2)c(I)c1)C(=O)[O-].[Zn+2]. The number of nitrogens with two attached hydrogens (primary N) is 2. The summed E-state index contributed by atoms with van der Waals surface area (Å²) in [7, 11) is 0. The van der Waals surface area contributed by atoms with Gasteiger partial charge in [0, 0.05) is 12.1 Å². The number of phenols is 2. The Labute approximate surface area is 365 Å². The van der Waals surface area contributed by atoms with E-state index in [1.54, 1.807) is 36.4 Å². The summed E-state index contributed by atoms with van der Waals surface area (Å²) in [6.07, 6.45) is 0.400. The van der Waals surface area contributed by atoms with Crippen LogP contribution in [0.3, 0.4) is 0 Å². The summed E-state index contributed by atoms with van der Waals surface area (Å²) < 4.78 is 16.6. The van der Waals surface area contributed by atoms with E-state index in [-0.39, 0.29) is 43.8 Å². The fourth-order valence-corrected chi connectivity index (χ4v) is 8.88. The van der Waals surface area contributed by atoms with Gasteiger partial charge < -0.3 is 51.0 Å². The molecular weight excluding hydrogens is 1340 g/mol. The summed E-state index contributed by atoms with van der Waals surface area (Å²) in [5.74, 6) is 0.451. The molecule has 47 heavy (non-hydrogen) atoms. The van der Waals surface area contributed by atoms with E-state index >= 15 is 0 Å². The quantitative estimate of drug-likeness (QED) is 0.121. The van der Waals surface area contributed by atoms with E-state index in [1.165, 1.54) is 0 Å². The van der Waals surface area contributed by atoms with Crippen molar-refractivity contribution < 1.29 is 59.0 Å². The molecule has 0 heterocycles. The molecule has 4 aromatic carbocycles. The van der Waals surface area contributed by atoms with E-state index in [4.69, 9.17) is 20.9 Å². The molecule has 0 aromatic heterocycles. The van der Waals surface area contributed by atoms with Gasteiger partial charge in [0.25, 0.3) is 0 Å². The van der Waals surface area contributed by atoms with Gasteiger partial charge in [-0.3, -0.25) is 0 Å². The predicted molar refractivity (Wildman–Crippen MR) is 219 cm³/mol. The molecule has 17 heteroatoms. The second-order valence-corrected chi connectivity index (χ2v) is 16.4. The van der Waals surface area contributed by atoms with Gasteiger partial charge in [0.1, 0.15) is 23.0 Å². The molecular formula is C30H22I6N2O8Zn. The number of rotatable bonds is 10. The number of ether oxygens (including phenoxy) is 2. The van der Waals surface area contributed by atoms with Crippen LogP contribution in [0, 0.1) is 21.4 Å². The first-order valence-electron chi connectivity index (χ1n) is 12.8. The third-order valence-electron chi connectivity index (χ3n) is 5.91. The van der Waals surface area contributed by atoms with Crippen LogP contribution in [0.1, 0.15) is 11.1 Å². The minimum Gasteiger partial charge on any atom is -0.548 e. The van der Waals surface area contributed by atoms with Gasteiger partial charge in [-0.1, -0.05) is 0 Å². The van der Waals surface area contributed by atoms with Crippen molar-refractivity contribution in [3.05, 3.63) is 93.2 Å². The summed E-state index contributed by atoms with van der Waals surface area (Å²) in [5, 5.41) is 40.6. The number of carbonyl (C=O) groups excluding carboxylic acids is 2. The summed E-state index contributed by atoms with van der Waals surface area (Å²) in [5.41, 5.74) is 12.7. The molecule has 244 valence electrons. The fraction of sp³-hybridized carbons (Fsp3) is 0.133. The Kier molecular flexibility index (Phi) is 18.4. The average Bonchev–Trinajstić information content (AvgIpc) is 2.96. The Hall–Kier alpha value is -0.0566. The van der Waals surface area contributed by atoms with Gasteiger partial charge in [-0.15, -0.1) is 0 Å². The number of hydrogen-bond acceptors (Lipinski definition) is 10. The van der Waals surface area contributed by atoms with Crippen LogP contribution in [0.2, 0.25) is 0 Å². The molecule has 0 amide bonds. The van der Waals surface area contributed by atoms with Crippen molar-refractivity contribution in [3.63, 3.8) is 0 Å². The van der Waals surface area contributed by atoms with Crippen LogP contribution in [0.15, 0.2) is 60.7 Å². The third kappa shape index (κ3) is 13.2. The molecule has 0 bridgehead atoms. The number of carbonyl (C=O) groups is 2. The Bertz CT molecular complexity index is 1590. The van der Waals surface area contributed by atoms with E-state index in [0.29, 0.717) is 30.1 Å². The van der Waals surface area contributed by atoms with Crippen molar-refractivity contribution in [2.75, 3.05) is 0 Å². The van der Waals surface area contributed by atoms with Crippen molar-refractivity contribution in [1.82, 2.24) is 0 Å². The summed E-state index contributed by atoms with van der Waals surface area (Å²) in [6, 6.07) is 15.3. The number of halogens is 6. The zero-order valence-corrected chi connectivity index (χ0v) is 39.7. The first-order valence-corrected chi connectivity index (χ1v) is 19.2. The number of aliphatic carboxylic acids is 2. The van der Waals surface area contributed by atoms with Crippen molar-refractivity contribution in [3.8, 4) is 34.5 Å². The second kappa shape index (κ2) is 20.1. The number of hydrogen-bond donors (Lipinski definition) is 4. The topological polar surface area (TPSA) is 191 Å². The summed E-state index contributed by atoms with van der Waals surface area (Å²) in [4.78, 5) is 21.5. The zero-order valence-electron chi connectivity index (χ0n) is 23.8. The molecule has 2 atom stereocenters. The molecule has 0 aliphatic heterocycles. The van der Waals surface area contributed by atoms with Crippen molar-refractivity contribution >= 4 is 147 Å². The molecule has 0 saturated heterocycles. The molecule has 0 spiro atoms. The number of carboxylic acids is 2. The van der Waals surface area contributed by atoms with Crippen molar-refractivity contribution in [2.45, 2.75) is 24.9 Å². The van der Waals surface area contributed by atoms with Crippen LogP contribution in [0.25, 0.3) is 0 Å². The number of phenolic OH excluding ortho intramolecular Hbond substituents is 2. The molecule has 0 unspecified atom stereocenters. The zero-order chi connectivity index (χ0) is 34.3. The van der Waals surface area contributed by atoms with E-state index in [2.05, 4.69) is 90.4 Å².